The molecule has 4 unspecified atom stereocenters. The molecule has 1 aromatic heterocycles. The van der Waals surface area contributed by atoms with Crippen LogP contribution in [0.1, 0.15) is 59.3 Å². The second-order valence-electron chi connectivity index (χ2n) is 9.34. The zero-order valence-corrected chi connectivity index (χ0v) is 19.6. The predicted octanol–water partition coefficient (Wildman–Crippen LogP) is 2.96. The molecule has 1 saturated heterocycles. The van der Waals surface area contributed by atoms with E-state index in [-0.39, 0.29) is 35.6 Å². The molecule has 0 radical (unpaired) electrons. The maximum Gasteiger partial charge on any atom is 0.247 e. The number of benzene rings is 1. The molecular formula is C24H35N5O3. The minimum absolute atomic E-state index is 0.0200. The minimum Gasteiger partial charge on any atom is -0.420 e. The molecule has 8 heteroatoms. The van der Waals surface area contributed by atoms with Gasteiger partial charge in [-0.2, -0.15) is 0 Å². The number of likely N-dealkylation sites (tertiary alicyclic amines) is 1. The Hall–Kier alpha value is -2.74. The van der Waals surface area contributed by atoms with Crippen molar-refractivity contribution in [2.24, 2.45) is 17.6 Å². The van der Waals surface area contributed by atoms with Gasteiger partial charge in [-0.25, -0.2) is 0 Å². The average molecular weight is 442 g/mol. The van der Waals surface area contributed by atoms with Crippen LogP contribution in [0, 0.1) is 11.8 Å². The van der Waals surface area contributed by atoms with Crippen LogP contribution in [0.15, 0.2) is 34.7 Å². The monoisotopic (exact) mass is 441 g/mol. The number of nitrogens with two attached hydrogens (primary N) is 1. The van der Waals surface area contributed by atoms with E-state index in [1.807, 2.05) is 65.0 Å². The summed E-state index contributed by atoms with van der Waals surface area (Å²) in [5.41, 5.74) is 6.93. The van der Waals surface area contributed by atoms with Crippen molar-refractivity contribution < 1.29 is 14.0 Å². The number of amides is 2. The third-order valence-electron chi connectivity index (χ3n) is 6.26. The molecule has 0 saturated carbocycles. The van der Waals surface area contributed by atoms with Crippen molar-refractivity contribution in [2.75, 3.05) is 6.54 Å². The van der Waals surface area contributed by atoms with Gasteiger partial charge in [0.25, 0.3) is 0 Å². The standard InChI is InChI=1S/C24H35N5O3/c1-14(2)19(25)24(31)29-13-9-12-18(29)21(30)26-20(15(3)4)16(5)22-27-28-23(32-22)17-10-7-6-8-11-17/h6-8,10-11,14-16,18-20H,9,12-13,25H2,1-5H3,(H,26,30). The van der Waals surface area contributed by atoms with Gasteiger partial charge in [0.05, 0.1) is 12.0 Å². The molecule has 1 aliphatic rings. The van der Waals surface area contributed by atoms with Crippen molar-refractivity contribution in [3.8, 4) is 11.5 Å². The third kappa shape index (κ3) is 5.18. The van der Waals surface area contributed by atoms with E-state index in [1.54, 1.807) is 4.90 Å². The Labute approximate surface area is 189 Å². The van der Waals surface area contributed by atoms with E-state index < -0.39 is 12.1 Å². The van der Waals surface area contributed by atoms with Gasteiger partial charge < -0.3 is 20.4 Å². The van der Waals surface area contributed by atoms with E-state index in [2.05, 4.69) is 15.5 Å². The van der Waals surface area contributed by atoms with Crippen LogP contribution in [0.25, 0.3) is 11.5 Å². The summed E-state index contributed by atoms with van der Waals surface area (Å²) in [4.78, 5) is 27.7. The first-order valence-electron chi connectivity index (χ1n) is 11.5. The average Bonchev–Trinajstić information content (AvgIpc) is 3.46. The van der Waals surface area contributed by atoms with Gasteiger partial charge >= 0.3 is 0 Å². The fourth-order valence-electron chi connectivity index (χ4n) is 4.18. The SMILES string of the molecule is CC(C)C(N)C(=O)N1CCCC1C(=O)NC(C(C)C)C(C)c1nnc(-c2ccccc2)o1. The normalized spacial score (nSPS) is 19.2. The molecule has 3 rings (SSSR count). The number of carbonyl (C=O) groups excluding carboxylic acids is 2. The topological polar surface area (TPSA) is 114 Å². The number of carbonyl (C=O) groups is 2. The van der Waals surface area contributed by atoms with Gasteiger partial charge in [-0.3, -0.25) is 9.59 Å². The van der Waals surface area contributed by atoms with Gasteiger partial charge in [0.15, 0.2) is 0 Å². The highest BCUT2D eigenvalue weighted by Crippen LogP contribution is 2.27. The van der Waals surface area contributed by atoms with Gasteiger partial charge in [0, 0.05) is 18.2 Å². The van der Waals surface area contributed by atoms with Crippen molar-refractivity contribution in [3.63, 3.8) is 0 Å². The molecule has 3 N–H and O–H groups in total. The smallest absolute Gasteiger partial charge is 0.247 e. The van der Waals surface area contributed by atoms with Crippen molar-refractivity contribution in [1.29, 1.82) is 0 Å². The first kappa shape index (κ1) is 23.9. The number of nitrogens with one attached hydrogen (secondary N) is 1. The molecule has 2 amide bonds. The van der Waals surface area contributed by atoms with E-state index in [0.29, 0.717) is 24.7 Å². The molecule has 4 atom stereocenters. The highest BCUT2D eigenvalue weighted by atomic mass is 16.4. The largest absolute Gasteiger partial charge is 0.420 e. The number of rotatable bonds is 8. The van der Waals surface area contributed by atoms with Gasteiger partial charge in [-0.15, -0.1) is 10.2 Å². The van der Waals surface area contributed by atoms with Crippen molar-refractivity contribution >= 4 is 11.8 Å². The number of hydrogen-bond donors (Lipinski definition) is 2. The predicted molar refractivity (Wildman–Crippen MR) is 122 cm³/mol. The van der Waals surface area contributed by atoms with E-state index >= 15 is 0 Å². The molecule has 32 heavy (non-hydrogen) atoms. The van der Waals surface area contributed by atoms with E-state index in [4.69, 9.17) is 10.2 Å². The maximum atomic E-state index is 13.2. The zero-order chi connectivity index (χ0) is 23.4. The maximum absolute atomic E-state index is 13.2. The van der Waals surface area contributed by atoms with Crippen LogP contribution in [-0.2, 0) is 9.59 Å². The number of aromatic nitrogens is 2. The van der Waals surface area contributed by atoms with Crippen LogP contribution in [0.5, 0.6) is 0 Å². The second-order valence-corrected chi connectivity index (χ2v) is 9.34. The molecule has 1 aromatic carbocycles. The van der Waals surface area contributed by atoms with Crippen LogP contribution in [-0.4, -0.2) is 51.6 Å². The molecule has 2 heterocycles. The Bertz CT molecular complexity index is 911. The van der Waals surface area contributed by atoms with Crippen LogP contribution in [0.3, 0.4) is 0 Å². The van der Waals surface area contributed by atoms with Crippen LogP contribution in [0.2, 0.25) is 0 Å². The summed E-state index contributed by atoms with van der Waals surface area (Å²) in [6.45, 7) is 10.4. The number of nitrogens with zero attached hydrogens (tertiary/aromatic N) is 3. The van der Waals surface area contributed by atoms with E-state index in [1.165, 1.54) is 0 Å². The summed E-state index contributed by atoms with van der Waals surface area (Å²) in [5, 5.41) is 11.6. The molecule has 0 aliphatic carbocycles. The molecule has 1 fully saturated rings. The molecule has 2 aromatic rings. The quantitative estimate of drug-likeness (QED) is 0.651. The fourth-order valence-corrected chi connectivity index (χ4v) is 4.18. The zero-order valence-electron chi connectivity index (χ0n) is 19.6. The summed E-state index contributed by atoms with van der Waals surface area (Å²) in [5.74, 6) is 0.584. The van der Waals surface area contributed by atoms with Gasteiger partial charge in [0.1, 0.15) is 6.04 Å². The number of hydrogen-bond acceptors (Lipinski definition) is 6. The van der Waals surface area contributed by atoms with Gasteiger partial charge in [-0.05, 0) is 36.8 Å². The first-order valence-corrected chi connectivity index (χ1v) is 11.5. The highest BCUT2D eigenvalue weighted by Gasteiger charge is 2.38. The Morgan fingerprint density at radius 3 is 2.41 bits per heavy atom. The van der Waals surface area contributed by atoms with Crippen molar-refractivity contribution in [3.05, 3.63) is 36.2 Å². The summed E-state index contributed by atoms with van der Waals surface area (Å²) in [7, 11) is 0. The lowest BCUT2D eigenvalue weighted by molar-refractivity contribution is -0.140. The third-order valence-corrected chi connectivity index (χ3v) is 6.26. The minimum atomic E-state index is -0.599. The lowest BCUT2D eigenvalue weighted by Crippen LogP contribution is -2.55. The Morgan fingerprint density at radius 1 is 1.09 bits per heavy atom. The summed E-state index contributed by atoms with van der Waals surface area (Å²) < 4.78 is 5.93. The summed E-state index contributed by atoms with van der Waals surface area (Å²) >= 11 is 0. The van der Waals surface area contributed by atoms with E-state index in [0.717, 1.165) is 12.0 Å². The highest BCUT2D eigenvalue weighted by molar-refractivity contribution is 5.90. The Balaban J connectivity index is 1.73. The van der Waals surface area contributed by atoms with E-state index in [9.17, 15) is 9.59 Å². The van der Waals surface area contributed by atoms with Crippen molar-refractivity contribution in [2.45, 2.75) is 71.5 Å². The van der Waals surface area contributed by atoms with Crippen LogP contribution < -0.4 is 11.1 Å². The molecule has 8 nitrogen and oxygen atoms in total. The van der Waals surface area contributed by atoms with Crippen molar-refractivity contribution in [1.82, 2.24) is 20.4 Å². The lowest BCUT2D eigenvalue weighted by Gasteiger charge is -2.31. The van der Waals surface area contributed by atoms with Crippen LogP contribution in [0.4, 0.5) is 0 Å². The first-order chi connectivity index (χ1) is 15.2. The molecule has 174 valence electrons. The molecule has 0 spiro atoms. The summed E-state index contributed by atoms with van der Waals surface area (Å²) in [6.07, 6.45) is 1.43. The van der Waals surface area contributed by atoms with Gasteiger partial charge in [0.2, 0.25) is 23.6 Å². The van der Waals surface area contributed by atoms with Crippen LogP contribution >= 0.6 is 0 Å². The molecule has 1 aliphatic heterocycles. The van der Waals surface area contributed by atoms with Gasteiger partial charge in [-0.1, -0.05) is 52.8 Å². The Morgan fingerprint density at radius 2 is 1.78 bits per heavy atom. The molecule has 0 bridgehead atoms. The fraction of sp³-hybridized carbons (Fsp3) is 0.583. The summed E-state index contributed by atoms with van der Waals surface area (Å²) in [6, 6.07) is 8.27. The second kappa shape index (κ2) is 10.3. The molecular weight excluding hydrogens is 406 g/mol. The Kier molecular flexibility index (Phi) is 7.66. The lowest BCUT2D eigenvalue weighted by atomic mass is 9.91.